The van der Waals surface area contributed by atoms with Crippen LogP contribution in [0.4, 0.5) is 4.39 Å². The van der Waals surface area contributed by atoms with E-state index in [1.54, 1.807) is 6.20 Å². The fraction of sp³-hybridized carbons (Fsp3) is 0.182. The Hall–Kier alpha value is -1.68. The Morgan fingerprint density at radius 1 is 1.52 bits per heavy atom. The van der Waals surface area contributed by atoms with Crippen LogP contribution in [0.1, 0.15) is 5.69 Å². The largest absolute Gasteiger partial charge is 0.327 e. The molecule has 0 saturated carbocycles. The van der Waals surface area contributed by atoms with E-state index in [1.807, 2.05) is 0 Å². The smallest absolute Gasteiger partial charge is 0.239 e. The zero-order valence-electron chi connectivity index (χ0n) is 10.6. The van der Waals surface area contributed by atoms with E-state index in [4.69, 9.17) is 11.6 Å². The lowest BCUT2D eigenvalue weighted by Gasteiger charge is -2.06. The fourth-order valence-corrected chi connectivity index (χ4v) is 3.10. The van der Waals surface area contributed by atoms with Gasteiger partial charge in [0.1, 0.15) is 5.52 Å². The van der Waals surface area contributed by atoms with Crippen LogP contribution in [0.3, 0.4) is 0 Å². The van der Waals surface area contributed by atoms with Crippen molar-refractivity contribution in [2.75, 3.05) is 6.54 Å². The number of sulfonamides is 1. The number of hydrogen-bond acceptors (Lipinski definition) is 5. The number of nitrogens with one attached hydrogen (secondary N) is 3. The first kappa shape index (κ1) is 14.3. The Balaban J connectivity index is 1.88. The molecule has 0 unspecified atom stereocenters. The van der Waals surface area contributed by atoms with Crippen molar-refractivity contribution in [3.63, 3.8) is 0 Å². The Morgan fingerprint density at radius 3 is 3.05 bits per heavy atom. The van der Waals surface area contributed by atoms with Gasteiger partial charge in [-0.1, -0.05) is 11.6 Å². The van der Waals surface area contributed by atoms with Crippen molar-refractivity contribution >= 4 is 27.1 Å². The van der Waals surface area contributed by atoms with Gasteiger partial charge in [0.15, 0.2) is 5.82 Å². The maximum Gasteiger partial charge on any atom is 0.239 e. The number of pyridine rings is 1. The number of nitrogens with zero attached hydrogens (tertiary/aromatic N) is 2. The zero-order valence-corrected chi connectivity index (χ0v) is 12.2. The SMILES string of the molecule is O=S(=O)(NCc1ncn2ccc(Cl)c(F)c12)C1=CNNC1. The highest BCUT2D eigenvalue weighted by atomic mass is 35.5. The molecule has 10 heteroatoms. The Kier molecular flexibility index (Phi) is 3.57. The van der Waals surface area contributed by atoms with Crippen LogP contribution < -0.4 is 15.6 Å². The molecule has 1 aliphatic heterocycles. The predicted octanol–water partition coefficient (Wildman–Crippen LogP) is 0.495. The molecule has 0 atom stereocenters. The van der Waals surface area contributed by atoms with Crippen molar-refractivity contribution in [2.45, 2.75) is 6.54 Å². The van der Waals surface area contributed by atoms with E-state index in [0.717, 1.165) is 0 Å². The van der Waals surface area contributed by atoms with E-state index in [9.17, 15) is 12.8 Å². The van der Waals surface area contributed by atoms with Gasteiger partial charge in [-0.15, -0.1) is 0 Å². The summed E-state index contributed by atoms with van der Waals surface area (Å²) in [7, 11) is -3.65. The number of rotatable bonds is 4. The molecule has 1 aliphatic rings. The van der Waals surface area contributed by atoms with E-state index in [1.165, 1.54) is 23.0 Å². The third-order valence-corrected chi connectivity index (χ3v) is 4.81. The van der Waals surface area contributed by atoms with Gasteiger partial charge in [0.05, 0.1) is 35.0 Å². The second kappa shape index (κ2) is 5.26. The van der Waals surface area contributed by atoms with Gasteiger partial charge in [0.2, 0.25) is 10.0 Å². The molecule has 3 N–H and O–H groups in total. The molecule has 0 bridgehead atoms. The van der Waals surface area contributed by atoms with Crippen LogP contribution >= 0.6 is 11.6 Å². The highest BCUT2D eigenvalue weighted by Crippen LogP contribution is 2.21. The van der Waals surface area contributed by atoms with E-state index < -0.39 is 15.8 Å². The molecule has 0 aliphatic carbocycles. The van der Waals surface area contributed by atoms with Crippen molar-refractivity contribution in [3.8, 4) is 0 Å². The van der Waals surface area contributed by atoms with E-state index in [0.29, 0.717) is 0 Å². The Morgan fingerprint density at radius 2 is 2.33 bits per heavy atom. The number of imidazole rings is 1. The lowest BCUT2D eigenvalue weighted by molar-refractivity contribution is 0.585. The highest BCUT2D eigenvalue weighted by Gasteiger charge is 2.21. The van der Waals surface area contributed by atoms with Gasteiger partial charge in [-0.25, -0.2) is 27.9 Å². The number of halogens is 2. The number of aromatic nitrogens is 2. The molecule has 21 heavy (non-hydrogen) atoms. The molecule has 2 aromatic rings. The highest BCUT2D eigenvalue weighted by molar-refractivity contribution is 7.93. The average Bonchev–Trinajstić information content (AvgIpc) is 3.10. The first-order chi connectivity index (χ1) is 9.99. The molecule has 0 fully saturated rings. The maximum atomic E-state index is 14.0. The summed E-state index contributed by atoms with van der Waals surface area (Å²) in [6.07, 6.45) is 4.31. The van der Waals surface area contributed by atoms with Gasteiger partial charge in [0.25, 0.3) is 0 Å². The van der Waals surface area contributed by atoms with Crippen molar-refractivity contribution in [2.24, 2.45) is 0 Å². The number of hydrogen-bond donors (Lipinski definition) is 3. The van der Waals surface area contributed by atoms with E-state index in [-0.39, 0.29) is 34.2 Å². The quantitative estimate of drug-likeness (QED) is 0.759. The normalized spacial score (nSPS) is 15.2. The van der Waals surface area contributed by atoms with Crippen LogP contribution in [0, 0.1) is 5.82 Å². The molecule has 0 saturated heterocycles. The van der Waals surface area contributed by atoms with E-state index in [2.05, 4.69) is 20.6 Å². The molecule has 3 heterocycles. The zero-order chi connectivity index (χ0) is 15.0. The summed E-state index contributed by atoms with van der Waals surface area (Å²) in [5.74, 6) is -0.630. The fourth-order valence-electron chi connectivity index (χ4n) is 1.96. The summed E-state index contributed by atoms with van der Waals surface area (Å²) in [4.78, 5) is 4.18. The summed E-state index contributed by atoms with van der Waals surface area (Å²) in [5.41, 5.74) is 5.66. The van der Waals surface area contributed by atoms with Gasteiger partial charge in [-0.2, -0.15) is 0 Å². The minimum atomic E-state index is -3.65. The Labute approximate surface area is 124 Å². The first-order valence-corrected chi connectivity index (χ1v) is 7.82. The molecular formula is C11H11ClFN5O2S. The third-order valence-electron chi connectivity index (χ3n) is 3.04. The third kappa shape index (κ3) is 2.60. The average molecular weight is 332 g/mol. The monoisotopic (exact) mass is 331 g/mol. The van der Waals surface area contributed by atoms with Gasteiger partial charge in [0, 0.05) is 12.4 Å². The van der Waals surface area contributed by atoms with Crippen LogP contribution in [-0.2, 0) is 16.6 Å². The Bertz CT molecular complexity index is 832. The molecular weight excluding hydrogens is 321 g/mol. The van der Waals surface area contributed by atoms with Crippen molar-refractivity contribution < 1.29 is 12.8 Å². The van der Waals surface area contributed by atoms with Crippen LogP contribution in [0.2, 0.25) is 5.02 Å². The topological polar surface area (TPSA) is 87.5 Å². The molecule has 3 rings (SSSR count). The maximum absolute atomic E-state index is 14.0. The standard InChI is InChI=1S/C11H11ClFN5O2S/c12-8-1-2-18-6-14-9(11(18)10(8)13)5-17-21(19,20)7-3-15-16-4-7/h1-3,6,15-17H,4-5H2. The first-order valence-electron chi connectivity index (χ1n) is 5.95. The van der Waals surface area contributed by atoms with Crippen molar-refractivity contribution in [3.05, 3.63) is 46.2 Å². The lowest BCUT2D eigenvalue weighted by Crippen LogP contribution is -2.27. The van der Waals surface area contributed by atoms with Crippen LogP contribution in [0.5, 0.6) is 0 Å². The lowest BCUT2D eigenvalue weighted by atomic mass is 10.3. The molecule has 112 valence electrons. The number of fused-ring (bicyclic) bond motifs is 1. The van der Waals surface area contributed by atoms with Gasteiger partial charge in [-0.05, 0) is 6.07 Å². The van der Waals surface area contributed by atoms with Crippen molar-refractivity contribution in [1.29, 1.82) is 0 Å². The molecule has 0 aromatic carbocycles. The van der Waals surface area contributed by atoms with Gasteiger partial charge in [-0.3, -0.25) is 0 Å². The molecule has 0 amide bonds. The second-order valence-corrected chi connectivity index (χ2v) is 6.59. The summed E-state index contributed by atoms with van der Waals surface area (Å²) in [6, 6.07) is 1.40. The summed E-state index contributed by atoms with van der Waals surface area (Å²) in [5, 5.41) is -0.0426. The minimum absolute atomic E-state index is 0.0426. The summed E-state index contributed by atoms with van der Waals surface area (Å²) < 4.78 is 41.8. The summed E-state index contributed by atoms with van der Waals surface area (Å²) >= 11 is 5.73. The molecule has 7 nitrogen and oxygen atoms in total. The minimum Gasteiger partial charge on any atom is -0.327 e. The summed E-state index contributed by atoms with van der Waals surface area (Å²) in [6.45, 7) is 0.0485. The van der Waals surface area contributed by atoms with Crippen molar-refractivity contribution in [1.82, 2.24) is 25.0 Å². The predicted molar refractivity (Wildman–Crippen MR) is 75.1 cm³/mol. The number of hydrazine groups is 1. The molecule has 0 spiro atoms. The van der Waals surface area contributed by atoms with Gasteiger partial charge < -0.3 is 9.83 Å². The van der Waals surface area contributed by atoms with Crippen LogP contribution in [-0.4, -0.2) is 24.3 Å². The second-order valence-electron chi connectivity index (χ2n) is 4.36. The molecule has 0 radical (unpaired) electrons. The van der Waals surface area contributed by atoms with Crippen LogP contribution in [0.15, 0.2) is 29.7 Å². The van der Waals surface area contributed by atoms with Crippen LogP contribution in [0.25, 0.3) is 5.52 Å². The molecule has 2 aromatic heterocycles. The van der Waals surface area contributed by atoms with Gasteiger partial charge >= 0.3 is 0 Å². The van der Waals surface area contributed by atoms with E-state index >= 15 is 0 Å².